The monoisotopic (exact) mass is 378 g/mol. The molecule has 5 nitrogen and oxygen atoms in total. The number of nitrogens with zero attached hydrogens (tertiary/aromatic N) is 2. The third kappa shape index (κ3) is 3.79. The Balaban J connectivity index is 1.59. The quantitative estimate of drug-likeness (QED) is 0.542. The average molecular weight is 379 g/mol. The Morgan fingerprint density at radius 3 is 2.63 bits per heavy atom. The van der Waals surface area contributed by atoms with Crippen molar-refractivity contribution in [2.45, 2.75) is 18.9 Å². The number of anilines is 1. The first kappa shape index (κ1) is 17.5. The van der Waals surface area contributed by atoms with Crippen LogP contribution >= 0.6 is 11.6 Å². The summed E-state index contributed by atoms with van der Waals surface area (Å²) in [6.07, 6.45) is 4.88. The van der Waals surface area contributed by atoms with E-state index in [4.69, 9.17) is 27.6 Å². The number of halogens is 1. The fourth-order valence-corrected chi connectivity index (χ4v) is 3.35. The predicted molar refractivity (Wildman–Crippen MR) is 108 cm³/mol. The van der Waals surface area contributed by atoms with Gasteiger partial charge in [-0.3, -0.25) is 4.98 Å². The Labute approximate surface area is 161 Å². The molecule has 27 heavy (non-hydrogen) atoms. The van der Waals surface area contributed by atoms with Gasteiger partial charge in [-0.15, -0.1) is 0 Å². The Hall–Kier alpha value is -2.89. The fraction of sp³-hybridized carbons (Fsp3) is 0.143. The molecule has 0 spiro atoms. The normalized spacial score (nSPS) is 12.4. The van der Waals surface area contributed by atoms with E-state index < -0.39 is 0 Å². The molecule has 1 atom stereocenters. The zero-order valence-electron chi connectivity index (χ0n) is 14.6. The van der Waals surface area contributed by atoms with Crippen LogP contribution in [0.25, 0.3) is 22.1 Å². The molecule has 0 bridgehead atoms. The van der Waals surface area contributed by atoms with E-state index in [0.717, 1.165) is 27.5 Å². The summed E-state index contributed by atoms with van der Waals surface area (Å²) in [7, 11) is 0. The highest BCUT2D eigenvalue weighted by Crippen LogP contribution is 2.31. The van der Waals surface area contributed by atoms with Crippen LogP contribution in [0, 0.1) is 0 Å². The van der Waals surface area contributed by atoms with Gasteiger partial charge >= 0.3 is 0 Å². The van der Waals surface area contributed by atoms with E-state index in [1.807, 2.05) is 54.7 Å². The first-order chi connectivity index (χ1) is 13.1. The Morgan fingerprint density at radius 1 is 1.00 bits per heavy atom. The molecule has 0 aliphatic carbocycles. The summed E-state index contributed by atoms with van der Waals surface area (Å²) in [4.78, 5) is 4.14. The highest BCUT2D eigenvalue weighted by Gasteiger charge is 2.19. The summed E-state index contributed by atoms with van der Waals surface area (Å²) in [6.45, 7) is 0. The fourth-order valence-electron chi connectivity index (χ4n) is 3.23. The maximum atomic E-state index is 6.38. The highest BCUT2D eigenvalue weighted by molar-refractivity contribution is 6.30. The Morgan fingerprint density at radius 2 is 1.81 bits per heavy atom. The minimum Gasteiger partial charge on any atom is -0.381 e. The van der Waals surface area contributed by atoms with E-state index in [2.05, 4.69) is 10.1 Å². The topological polar surface area (TPSA) is 91.0 Å². The van der Waals surface area contributed by atoms with E-state index in [1.165, 1.54) is 0 Å². The van der Waals surface area contributed by atoms with Crippen LogP contribution < -0.4 is 11.5 Å². The molecule has 0 unspecified atom stereocenters. The van der Waals surface area contributed by atoms with Crippen molar-refractivity contribution in [3.8, 4) is 11.3 Å². The van der Waals surface area contributed by atoms with Gasteiger partial charge < -0.3 is 16.0 Å². The lowest BCUT2D eigenvalue weighted by Gasteiger charge is -2.12. The summed E-state index contributed by atoms with van der Waals surface area (Å²) >= 11 is 5.94. The van der Waals surface area contributed by atoms with E-state index >= 15 is 0 Å². The molecule has 2 heterocycles. The van der Waals surface area contributed by atoms with Crippen molar-refractivity contribution in [1.29, 1.82) is 0 Å². The number of benzene rings is 2. The van der Waals surface area contributed by atoms with Gasteiger partial charge in [-0.05, 0) is 48.1 Å². The number of nitrogen functional groups attached to an aromatic ring is 1. The number of hydrogen-bond acceptors (Lipinski definition) is 5. The maximum Gasteiger partial charge on any atom is 0.172 e. The minimum atomic E-state index is -0.115. The number of pyridine rings is 1. The van der Waals surface area contributed by atoms with Crippen molar-refractivity contribution in [2.75, 3.05) is 5.73 Å². The van der Waals surface area contributed by atoms with E-state index in [9.17, 15) is 0 Å². The van der Waals surface area contributed by atoms with Crippen LogP contribution in [-0.2, 0) is 12.8 Å². The van der Waals surface area contributed by atoms with Crippen LogP contribution in [0.1, 0.15) is 11.1 Å². The molecule has 4 rings (SSSR count). The smallest absolute Gasteiger partial charge is 0.172 e. The Bertz CT molecular complexity index is 1080. The first-order valence-corrected chi connectivity index (χ1v) is 9.06. The van der Waals surface area contributed by atoms with E-state index in [-0.39, 0.29) is 6.04 Å². The van der Waals surface area contributed by atoms with Gasteiger partial charge in [0.15, 0.2) is 11.6 Å². The summed E-state index contributed by atoms with van der Waals surface area (Å²) in [5.41, 5.74) is 15.3. The Kier molecular flexibility index (Phi) is 4.79. The molecule has 0 aliphatic rings. The van der Waals surface area contributed by atoms with Crippen LogP contribution in [0.3, 0.4) is 0 Å². The zero-order valence-corrected chi connectivity index (χ0v) is 15.4. The van der Waals surface area contributed by atoms with Crippen molar-refractivity contribution in [3.05, 3.63) is 77.1 Å². The third-order valence-corrected chi connectivity index (χ3v) is 4.85. The molecule has 0 fully saturated rings. The molecular formula is C21H19ClN4O. The number of rotatable bonds is 5. The lowest BCUT2D eigenvalue weighted by Crippen LogP contribution is -2.26. The lowest BCUT2D eigenvalue weighted by molar-refractivity contribution is 0.434. The van der Waals surface area contributed by atoms with E-state index in [0.29, 0.717) is 29.4 Å². The van der Waals surface area contributed by atoms with Crippen molar-refractivity contribution >= 4 is 28.2 Å². The highest BCUT2D eigenvalue weighted by atomic mass is 35.5. The van der Waals surface area contributed by atoms with E-state index in [1.54, 1.807) is 6.20 Å². The standard InChI is InChI=1S/C21H19ClN4O/c22-17-5-1-13(2-6-17)9-18(23)11-19-20(27-26-21(19)24)15-3-4-16-12-25-8-7-14(16)10-15/h1-8,10,12,18H,9,11,23H2,(H2,24,26)/t18-/m0/s1. The molecular weight excluding hydrogens is 360 g/mol. The largest absolute Gasteiger partial charge is 0.381 e. The first-order valence-electron chi connectivity index (χ1n) is 8.68. The zero-order chi connectivity index (χ0) is 18.8. The second kappa shape index (κ2) is 7.39. The van der Waals surface area contributed by atoms with Crippen molar-refractivity contribution in [3.63, 3.8) is 0 Å². The van der Waals surface area contributed by atoms with Gasteiger partial charge in [0.25, 0.3) is 0 Å². The summed E-state index contributed by atoms with van der Waals surface area (Å²) in [6, 6.07) is 15.6. The second-order valence-electron chi connectivity index (χ2n) is 6.61. The maximum absolute atomic E-state index is 6.38. The average Bonchev–Trinajstić information content (AvgIpc) is 3.03. The molecule has 0 amide bonds. The second-order valence-corrected chi connectivity index (χ2v) is 7.04. The predicted octanol–water partition coefficient (Wildman–Crippen LogP) is 4.24. The van der Waals surface area contributed by atoms with Crippen LogP contribution in [0.15, 0.2) is 65.4 Å². The van der Waals surface area contributed by atoms with Crippen molar-refractivity contribution < 1.29 is 4.52 Å². The minimum absolute atomic E-state index is 0.115. The molecule has 136 valence electrons. The summed E-state index contributed by atoms with van der Waals surface area (Å²) in [5.74, 6) is 1.05. The molecule has 2 aromatic carbocycles. The number of nitrogens with two attached hydrogens (primary N) is 2. The molecule has 6 heteroatoms. The van der Waals surface area contributed by atoms with Gasteiger partial charge in [0.05, 0.1) is 0 Å². The van der Waals surface area contributed by atoms with Gasteiger partial charge in [0.1, 0.15) is 0 Å². The van der Waals surface area contributed by atoms with Gasteiger partial charge in [0.2, 0.25) is 0 Å². The molecule has 0 radical (unpaired) electrons. The summed E-state index contributed by atoms with van der Waals surface area (Å²) < 4.78 is 5.53. The van der Waals surface area contributed by atoms with Crippen LogP contribution in [0.2, 0.25) is 5.02 Å². The molecule has 4 aromatic rings. The molecule has 0 aliphatic heterocycles. The lowest BCUT2D eigenvalue weighted by atomic mass is 9.97. The van der Waals surface area contributed by atoms with Gasteiger partial charge in [0, 0.05) is 40.0 Å². The van der Waals surface area contributed by atoms with Crippen molar-refractivity contribution in [1.82, 2.24) is 10.1 Å². The third-order valence-electron chi connectivity index (χ3n) is 4.60. The number of aromatic nitrogens is 2. The van der Waals surface area contributed by atoms with Crippen LogP contribution in [0.5, 0.6) is 0 Å². The molecule has 0 saturated carbocycles. The number of fused-ring (bicyclic) bond motifs is 1. The van der Waals surface area contributed by atoms with Gasteiger partial charge in [-0.1, -0.05) is 41.0 Å². The van der Waals surface area contributed by atoms with Crippen molar-refractivity contribution in [2.24, 2.45) is 5.73 Å². The molecule has 4 N–H and O–H groups in total. The van der Waals surface area contributed by atoms with Gasteiger partial charge in [-0.2, -0.15) is 0 Å². The molecule has 2 aromatic heterocycles. The SMILES string of the molecule is Nc1noc(-c2ccc3cnccc3c2)c1C[C@@H](N)Cc1ccc(Cl)cc1. The van der Waals surface area contributed by atoms with Crippen LogP contribution in [0.4, 0.5) is 5.82 Å². The van der Waals surface area contributed by atoms with Crippen LogP contribution in [-0.4, -0.2) is 16.2 Å². The number of hydrogen-bond donors (Lipinski definition) is 2. The summed E-state index contributed by atoms with van der Waals surface area (Å²) in [5, 5.41) is 6.82. The van der Waals surface area contributed by atoms with Gasteiger partial charge in [-0.25, -0.2) is 0 Å². The molecule has 0 saturated heterocycles.